The molecule has 4 heteroatoms. The summed E-state index contributed by atoms with van der Waals surface area (Å²) in [4.78, 5) is 16.1. The zero-order valence-corrected chi connectivity index (χ0v) is 12.0. The van der Waals surface area contributed by atoms with Gasteiger partial charge in [-0.3, -0.25) is 4.79 Å². The van der Waals surface area contributed by atoms with Crippen molar-refractivity contribution in [1.29, 1.82) is 0 Å². The Kier molecular flexibility index (Phi) is 4.03. The van der Waals surface area contributed by atoms with Crippen LogP contribution in [0.1, 0.15) is 20.8 Å². The Hall–Kier alpha value is -2.36. The van der Waals surface area contributed by atoms with Crippen LogP contribution in [0.2, 0.25) is 0 Å². The lowest BCUT2D eigenvalue weighted by atomic mass is 9.96. The first-order valence-electron chi connectivity index (χ1n) is 6.55. The summed E-state index contributed by atoms with van der Waals surface area (Å²) in [5.41, 5.74) is 1.26. The van der Waals surface area contributed by atoms with Crippen LogP contribution >= 0.6 is 0 Å². The molecule has 0 aliphatic rings. The number of aromatic nitrogens is 1. The zero-order valence-electron chi connectivity index (χ0n) is 12.0. The highest BCUT2D eigenvalue weighted by molar-refractivity contribution is 5.94. The minimum absolute atomic E-state index is 0.0249. The van der Waals surface area contributed by atoms with Crippen molar-refractivity contribution >= 4 is 23.1 Å². The number of carbonyl (C=O) groups excluding carboxylic acids is 1. The molecule has 0 spiro atoms. The number of nitrogens with one attached hydrogen (secondary N) is 2. The Morgan fingerprint density at radius 2 is 1.70 bits per heavy atom. The number of amides is 1. The average molecular weight is 269 g/mol. The summed E-state index contributed by atoms with van der Waals surface area (Å²) in [7, 11) is 0. The Morgan fingerprint density at radius 1 is 1.00 bits per heavy atom. The van der Waals surface area contributed by atoms with Crippen molar-refractivity contribution in [3.63, 3.8) is 0 Å². The van der Waals surface area contributed by atoms with E-state index >= 15 is 0 Å². The molecule has 0 fully saturated rings. The van der Waals surface area contributed by atoms with Crippen molar-refractivity contribution in [1.82, 2.24) is 4.98 Å². The highest BCUT2D eigenvalue weighted by Crippen LogP contribution is 2.19. The topological polar surface area (TPSA) is 54.0 Å². The second kappa shape index (κ2) is 5.74. The van der Waals surface area contributed by atoms with Crippen molar-refractivity contribution in [2.24, 2.45) is 5.41 Å². The zero-order chi connectivity index (χ0) is 14.6. The van der Waals surface area contributed by atoms with Gasteiger partial charge in [0.05, 0.1) is 11.9 Å². The summed E-state index contributed by atoms with van der Waals surface area (Å²) in [6, 6.07) is 13.5. The predicted molar refractivity (Wildman–Crippen MR) is 82.0 cm³/mol. The maximum absolute atomic E-state index is 11.9. The second-order valence-corrected chi connectivity index (χ2v) is 5.63. The minimum atomic E-state index is -0.416. The van der Waals surface area contributed by atoms with Crippen LogP contribution in [0.3, 0.4) is 0 Å². The molecular weight excluding hydrogens is 250 g/mol. The molecule has 2 aromatic rings. The number of carbonyl (C=O) groups is 1. The maximum Gasteiger partial charge on any atom is 0.229 e. The van der Waals surface area contributed by atoms with Crippen LogP contribution < -0.4 is 10.6 Å². The number of nitrogens with zero attached hydrogens (tertiary/aromatic N) is 1. The smallest absolute Gasteiger partial charge is 0.229 e. The lowest BCUT2D eigenvalue weighted by molar-refractivity contribution is -0.123. The van der Waals surface area contributed by atoms with Crippen LogP contribution in [0.25, 0.3) is 0 Å². The molecule has 1 aromatic carbocycles. The van der Waals surface area contributed by atoms with E-state index in [1.54, 1.807) is 6.20 Å². The van der Waals surface area contributed by atoms with E-state index in [0.29, 0.717) is 5.69 Å². The second-order valence-electron chi connectivity index (χ2n) is 5.63. The molecule has 1 amide bonds. The van der Waals surface area contributed by atoms with Crippen LogP contribution in [-0.2, 0) is 4.79 Å². The summed E-state index contributed by atoms with van der Waals surface area (Å²) >= 11 is 0. The highest BCUT2D eigenvalue weighted by atomic mass is 16.2. The van der Waals surface area contributed by atoms with Crippen LogP contribution in [0.4, 0.5) is 17.2 Å². The number of hydrogen-bond donors (Lipinski definition) is 2. The van der Waals surface area contributed by atoms with Crippen LogP contribution in [0.5, 0.6) is 0 Å². The lowest BCUT2D eigenvalue weighted by Crippen LogP contribution is -2.27. The maximum atomic E-state index is 11.9. The van der Waals surface area contributed by atoms with Gasteiger partial charge in [-0.1, -0.05) is 39.0 Å². The van der Waals surface area contributed by atoms with E-state index < -0.39 is 5.41 Å². The summed E-state index contributed by atoms with van der Waals surface area (Å²) in [6.07, 6.45) is 1.65. The summed E-state index contributed by atoms with van der Waals surface area (Å²) in [5.74, 6) is 0.716. The third kappa shape index (κ3) is 3.82. The van der Waals surface area contributed by atoms with E-state index in [2.05, 4.69) is 15.6 Å². The highest BCUT2D eigenvalue weighted by Gasteiger charge is 2.21. The Morgan fingerprint density at radius 3 is 2.25 bits per heavy atom. The first-order valence-corrected chi connectivity index (χ1v) is 6.55. The van der Waals surface area contributed by atoms with E-state index in [9.17, 15) is 4.79 Å². The summed E-state index contributed by atoms with van der Waals surface area (Å²) < 4.78 is 0. The SMILES string of the molecule is CC(C)(C)C(=O)Nc1ccc(Nc2ccccc2)nc1. The number of pyridine rings is 1. The fourth-order valence-corrected chi connectivity index (χ4v) is 1.53. The lowest BCUT2D eigenvalue weighted by Gasteiger charge is -2.17. The van der Waals surface area contributed by atoms with Crippen molar-refractivity contribution in [2.75, 3.05) is 10.6 Å². The number of para-hydroxylation sites is 1. The number of hydrogen-bond acceptors (Lipinski definition) is 3. The molecule has 0 bridgehead atoms. The van der Waals surface area contributed by atoms with Gasteiger partial charge in [0.25, 0.3) is 0 Å². The molecule has 0 radical (unpaired) electrons. The van der Waals surface area contributed by atoms with Crippen LogP contribution in [0.15, 0.2) is 48.7 Å². The number of benzene rings is 1. The third-order valence-electron chi connectivity index (χ3n) is 2.75. The van der Waals surface area contributed by atoms with Crippen molar-refractivity contribution < 1.29 is 4.79 Å². The van der Waals surface area contributed by atoms with Gasteiger partial charge in [0, 0.05) is 11.1 Å². The molecule has 0 unspecified atom stereocenters. The van der Waals surface area contributed by atoms with Gasteiger partial charge in [0.1, 0.15) is 5.82 Å². The normalized spacial score (nSPS) is 10.9. The van der Waals surface area contributed by atoms with Crippen LogP contribution in [-0.4, -0.2) is 10.9 Å². The Labute approximate surface area is 119 Å². The van der Waals surface area contributed by atoms with Gasteiger partial charge < -0.3 is 10.6 Å². The monoisotopic (exact) mass is 269 g/mol. The molecule has 1 heterocycles. The molecule has 0 aliphatic heterocycles. The summed E-state index contributed by atoms with van der Waals surface area (Å²) in [5, 5.41) is 6.03. The fraction of sp³-hybridized carbons (Fsp3) is 0.250. The molecule has 1 aromatic heterocycles. The third-order valence-corrected chi connectivity index (χ3v) is 2.75. The number of anilines is 3. The molecule has 4 nitrogen and oxygen atoms in total. The molecule has 2 N–H and O–H groups in total. The van der Waals surface area contributed by atoms with E-state index in [1.807, 2.05) is 63.2 Å². The van der Waals surface area contributed by atoms with E-state index in [1.165, 1.54) is 0 Å². The molecular formula is C16H19N3O. The first-order chi connectivity index (χ1) is 9.45. The first kappa shape index (κ1) is 14.1. The van der Waals surface area contributed by atoms with E-state index in [0.717, 1.165) is 11.5 Å². The minimum Gasteiger partial charge on any atom is -0.340 e. The predicted octanol–water partition coefficient (Wildman–Crippen LogP) is 3.81. The Bertz CT molecular complexity index is 571. The van der Waals surface area contributed by atoms with E-state index in [4.69, 9.17) is 0 Å². The van der Waals surface area contributed by atoms with Gasteiger partial charge in [-0.05, 0) is 24.3 Å². The van der Waals surface area contributed by atoms with Gasteiger partial charge in [-0.2, -0.15) is 0 Å². The molecule has 0 aliphatic carbocycles. The molecule has 0 atom stereocenters. The van der Waals surface area contributed by atoms with Crippen molar-refractivity contribution in [3.05, 3.63) is 48.7 Å². The van der Waals surface area contributed by atoms with Gasteiger partial charge in [0.2, 0.25) is 5.91 Å². The molecule has 104 valence electrons. The van der Waals surface area contributed by atoms with Gasteiger partial charge >= 0.3 is 0 Å². The molecule has 2 rings (SSSR count). The average Bonchev–Trinajstić information content (AvgIpc) is 2.41. The van der Waals surface area contributed by atoms with Gasteiger partial charge in [0.15, 0.2) is 0 Å². The van der Waals surface area contributed by atoms with Gasteiger partial charge in [-0.25, -0.2) is 4.98 Å². The van der Waals surface area contributed by atoms with Crippen LogP contribution in [0, 0.1) is 5.41 Å². The molecule has 0 saturated heterocycles. The molecule has 20 heavy (non-hydrogen) atoms. The fourth-order valence-electron chi connectivity index (χ4n) is 1.53. The standard InChI is InChI=1S/C16H19N3O/c1-16(2,3)15(20)19-13-9-10-14(17-11-13)18-12-7-5-4-6-8-12/h4-11H,1-3H3,(H,17,18)(H,19,20). The van der Waals surface area contributed by atoms with Gasteiger partial charge in [-0.15, -0.1) is 0 Å². The number of rotatable bonds is 3. The molecule has 0 saturated carbocycles. The largest absolute Gasteiger partial charge is 0.340 e. The Balaban J connectivity index is 2.02. The van der Waals surface area contributed by atoms with E-state index in [-0.39, 0.29) is 5.91 Å². The van der Waals surface area contributed by atoms with Crippen molar-refractivity contribution in [3.8, 4) is 0 Å². The van der Waals surface area contributed by atoms with Crippen molar-refractivity contribution in [2.45, 2.75) is 20.8 Å². The summed E-state index contributed by atoms with van der Waals surface area (Å²) in [6.45, 7) is 5.63. The quantitative estimate of drug-likeness (QED) is 0.890.